The lowest BCUT2D eigenvalue weighted by Gasteiger charge is -2.26. The maximum atomic E-state index is 12.1. The van der Waals surface area contributed by atoms with Gasteiger partial charge < -0.3 is 4.90 Å². The van der Waals surface area contributed by atoms with Crippen molar-refractivity contribution < 1.29 is 4.79 Å². The fourth-order valence-corrected chi connectivity index (χ4v) is 2.90. The number of pyridine rings is 1. The van der Waals surface area contributed by atoms with Crippen molar-refractivity contribution in [2.75, 3.05) is 24.6 Å². The monoisotopic (exact) mass is 276 g/mol. The Kier molecular flexibility index (Phi) is 3.95. The average Bonchev–Trinajstić information content (AvgIpc) is 2.28. The van der Waals surface area contributed by atoms with Gasteiger partial charge in [-0.2, -0.15) is 11.8 Å². The molecule has 0 radical (unpaired) electrons. The molecular formula is C10H10Cl2N2OS. The zero-order valence-corrected chi connectivity index (χ0v) is 10.8. The highest BCUT2D eigenvalue weighted by molar-refractivity contribution is 7.99. The fraction of sp³-hybridized carbons (Fsp3) is 0.400. The minimum atomic E-state index is -0.0218. The molecular weight excluding hydrogens is 267 g/mol. The molecule has 1 saturated heterocycles. The van der Waals surface area contributed by atoms with Crippen molar-refractivity contribution in [2.45, 2.75) is 0 Å². The predicted octanol–water partition coefficient (Wildman–Crippen LogP) is 2.58. The van der Waals surface area contributed by atoms with Crippen LogP contribution >= 0.6 is 35.0 Å². The lowest BCUT2D eigenvalue weighted by molar-refractivity contribution is 0.0772. The summed E-state index contributed by atoms with van der Waals surface area (Å²) in [6.45, 7) is 1.56. The van der Waals surface area contributed by atoms with Gasteiger partial charge in [0, 0.05) is 30.2 Å². The molecule has 86 valence electrons. The van der Waals surface area contributed by atoms with Gasteiger partial charge in [0.25, 0.3) is 5.91 Å². The molecule has 3 nitrogen and oxygen atoms in total. The van der Waals surface area contributed by atoms with Crippen LogP contribution in [0.5, 0.6) is 0 Å². The van der Waals surface area contributed by atoms with Crippen molar-refractivity contribution in [3.63, 3.8) is 0 Å². The number of aromatic nitrogens is 1. The Bertz CT molecular complexity index is 388. The maximum Gasteiger partial charge on any atom is 0.254 e. The van der Waals surface area contributed by atoms with E-state index in [1.165, 1.54) is 0 Å². The zero-order chi connectivity index (χ0) is 11.5. The molecule has 0 saturated carbocycles. The van der Waals surface area contributed by atoms with Crippen molar-refractivity contribution >= 4 is 40.9 Å². The minimum Gasteiger partial charge on any atom is -0.337 e. The van der Waals surface area contributed by atoms with E-state index in [-0.39, 0.29) is 16.2 Å². The van der Waals surface area contributed by atoms with Gasteiger partial charge in [0.15, 0.2) is 0 Å². The number of carbonyl (C=O) groups excluding carboxylic acids is 1. The van der Waals surface area contributed by atoms with Crippen LogP contribution in [0.15, 0.2) is 12.1 Å². The molecule has 0 aromatic carbocycles. The summed E-state index contributed by atoms with van der Waals surface area (Å²) >= 11 is 13.4. The standard InChI is InChI=1S/C10H10Cl2N2OS/c11-8-5-7(6-9(12)13-8)10(15)14-1-3-16-4-2-14/h5-6H,1-4H2. The highest BCUT2D eigenvalue weighted by atomic mass is 35.5. The Morgan fingerprint density at radius 1 is 1.25 bits per heavy atom. The van der Waals surface area contributed by atoms with Crippen LogP contribution in [0.25, 0.3) is 0 Å². The molecule has 0 N–H and O–H groups in total. The van der Waals surface area contributed by atoms with Crippen LogP contribution < -0.4 is 0 Å². The van der Waals surface area contributed by atoms with Gasteiger partial charge in [-0.15, -0.1) is 0 Å². The lowest BCUT2D eigenvalue weighted by atomic mass is 10.2. The molecule has 16 heavy (non-hydrogen) atoms. The molecule has 2 heterocycles. The first kappa shape index (κ1) is 12.0. The second kappa shape index (κ2) is 5.25. The van der Waals surface area contributed by atoms with Gasteiger partial charge in [0.2, 0.25) is 0 Å². The Hall–Kier alpha value is -0.450. The summed E-state index contributed by atoms with van der Waals surface area (Å²) in [7, 11) is 0. The van der Waals surface area contributed by atoms with E-state index in [0.717, 1.165) is 24.6 Å². The molecule has 0 spiro atoms. The molecule has 2 rings (SSSR count). The number of amides is 1. The number of halogens is 2. The van der Waals surface area contributed by atoms with E-state index in [1.54, 1.807) is 12.1 Å². The first-order valence-electron chi connectivity index (χ1n) is 4.87. The van der Waals surface area contributed by atoms with Crippen molar-refractivity contribution in [1.29, 1.82) is 0 Å². The SMILES string of the molecule is O=C(c1cc(Cl)nc(Cl)c1)N1CCSCC1. The highest BCUT2D eigenvalue weighted by Crippen LogP contribution is 2.18. The summed E-state index contributed by atoms with van der Waals surface area (Å²) < 4.78 is 0. The number of nitrogens with zero attached hydrogens (tertiary/aromatic N) is 2. The first-order chi connectivity index (χ1) is 7.66. The Morgan fingerprint density at radius 3 is 2.38 bits per heavy atom. The van der Waals surface area contributed by atoms with Crippen molar-refractivity contribution in [3.8, 4) is 0 Å². The van der Waals surface area contributed by atoms with Crippen LogP contribution in [0, 0.1) is 0 Å². The highest BCUT2D eigenvalue weighted by Gasteiger charge is 2.19. The van der Waals surface area contributed by atoms with E-state index in [1.807, 2.05) is 16.7 Å². The Balaban J connectivity index is 2.19. The predicted molar refractivity (Wildman–Crippen MR) is 67.5 cm³/mol. The molecule has 1 aliphatic heterocycles. The zero-order valence-electron chi connectivity index (χ0n) is 8.45. The van der Waals surface area contributed by atoms with Gasteiger partial charge in [0.05, 0.1) is 0 Å². The van der Waals surface area contributed by atoms with E-state index < -0.39 is 0 Å². The fourth-order valence-electron chi connectivity index (χ4n) is 1.54. The molecule has 1 aromatic heterocycles. The second-order valence-electron chi connectivity index (χ2n) is 3.41. The lowest BCUT2D eigenvalue weighted by Crippen LogP contribution is -2.37. The number of hydrogen-bond acceptors (Lipinski definition) is 3. The molecule has 6 heteroatoms. The third-order valence-electron chi connectivity index (χ3n) is 2.31. The molecule has 0 bridgehead atoms. The van der Waals surface area contributed by atoms with Crippen molar-refractivity contribution in [3.05, 3.63) is 28.0 Å². The summed E-state index contributed by atoms with van der Waals surface area (Å²) in [4.78, 5) is 17.7. The van der Waals surface area contributed by atoms with E-state index in [0.29, 0.717) is 5.56 Å². The summed E-state index contributed by atoms with van der Waals surface area (Å²) in [5.74, 6) is 1.95. The van der Waals surface area contributed by atoms with E-state index in [4.69, 9.17) is 23.2 Å². The van der Waals surface area contributed by atoms with Crippen LogP contribution in [0.2, 0.25) is 10.3 Å². The smallest absolute Gasteiger partial charge is 0.254 e. The second-order valence-corrected chi connectivity index (χ2v) is 5.41. The van der Waals surface area contributed by atoms with Gasteiger partial charge in [-0.25, -0.2) is 4.98 Å². The quantitative estimate of drug-likeness (QED) is 0.740. The maximum absolute atomic E-state index is 12.1. The molecule has 0 aliphatic carbocycles. The summed E-state index contributed by atoms with van der Waals surface area (Å²) in [5, 5.41) is 0.504. The molecule has 1 aliphatic rings. The molecule has 1 aromatic rings. The number of hydrogen-bond donors (Lipinski definition) is 0. The first-order valence-corrected chi connectivity index (χ1v) is 6.78. The minimum absolute atomic E-state index is 0.0218. The summed E-state index contributed by atoms with van der Waals surface area (Å²) in [6.07, 6.45) is 0. The van der Waals surface area contributed by atoms with Crippen molar-refractivity contribution in [1.82, 2.24) is 9.88 Å². The van der Waals surface area contributed by atoms with Gasteiger partial charge in [-0.05, 0) is 12.1 Å². The van der Waals surface area contributed by atoms with Gasteiger partial charge in [0.1, 0.15) is 10.3 Å². The third kappa shape index (κ3) is 2.81. The van der Waals surface area contributed by atoms with Crippen LogP contribution in [-0.2, 0) is 0 Å². The topological polar surface area (TPSA) is 33.2 Å². The number of carbonyl (C=O) groups is 1. The van der Waals surface area contributed by atoms with E-state index in [2.05, 4.69) is 4.98 Å². The molecule has 0 atom stereocenters. The average molecular weight is 277 g/mol. The Morgan fingerprint density at radius 2 is 1.81 bits per heavy atom. The van der Waals surface area contributed by atoms with Gasteiger partial charge in [-0.1, -0.05) is 23.2 Å². The third-order valence-corrected chi connectivity index (χ3v) is 3.64. The number of thioether (sulfide) groups is 1. The normalized spacial score (nSPS) is 16.2. The van der Waals surface area contributed by atoms with Crippen LogP contribution in [0.4, 0.5) is 0 Å². The van der Waals surface area contributed by atoms with Crippen LogP contribution in [0.3, 0.4) is 0 Å². The largest absolute Gasteiger partial charge is 0.337 e. The Labute approximate surface area is 108 Å². The molecule has 1 fully saturated rings. The summed E-state index contributed by atoms with van der Waals surface area (Å²) in [6, 6.07) is 3.11. The van der Waals surface area contributed by atoms with Crippen LogP contribution in [-0.4, -0.2) is 40.4 Å². The van der Waals surface area contributed by atoms with E-state index in [9.17, 15) is 4.79 Å². The van der Waals surface area contributed by atoms with E-state index >= 15 is 0 Å². The van der Waals surface area contributed by atoms with Crippen LogP contribution in [0.1, 0.15) is 10.4 Å². The van der Waals surface area contributed by atoms with Gasteiger partial charge in [-0.3, -0.25) is 4.79 Å². The molecule has 0 unspecified atom stereocenters. The van der Waals surface area contributed by atoms with Gasteiger partial charge >= 0.3 is 0 Å². The van der Waals surface area contributed by atoms with Crippen molar-refractivity contribution in [2.24, 2.45) is 0 Å². The molecule has 1 amide bonds. The summed E-state index contributed by atoms with van der Waals surface area (Å²) in [5.41, 5.74) is 0.511. The number of rotatable bonds is 1.